The Labute approximate surface area is 494 Å². The molecule has 84 heavy (non-hydrogen) atoms. The third kappa shape index (κ3) is 30.0. The standard InChI is InChI=1S/C53H92N18O12S/c1-7-30(4)42(50(82)63-28-40(73)74)71-48(80)36(19-14-25-62-53(59)60)67-49(81)38(27-32-15-9-8-10-16-32)69-47(79)37(20-21-39(56)72)68-46(78)35(18-13-24-61-52(57)58)66-45(77)34(17-11-12-23-54)65-43(75)31(5)64-51(83)41(29(2)3)70-44(76)33(55)22-26-84-6/h8-10,15-16,29-31,33-38,41-42H,7,11-14,17-28,54-55H2,1-6H3,(H2,56,72)(H,63,82)(H,64,83)(H,65,75)(H,66,77)(H,67,81)(H,68,78)(H,69,79)(H,70,76)(H,71,80)(H,73,74)(H4,57,58,61)(H4,59,60,62)/t30-,31-,33-,34-,35-,36-,37-,38-,41-,42-/m0/s1. The van der Waals surface area contributed by atoms with Crippen LogP contribution in [0.5, 0.6) is 0 Å². The Bertz CT molecular complexity index is 2380. The van der Waals surface area contributed by atoms with Crippen molar-refractivity contribution in [3.63, 3.8) is 0 Å². The van der Waals surface area contributed by atoms with Gasteiger partial charge in [0.2, 0.25) is 59.1 Å². The number of carbonyl (C=O) groups is 11. The molecule has 31 heteroatoms. The molecule has 30 nitrogen and oxygen atoms in total. The summed E-state index contributed by atoms with van der Waals surface area (Å²) in [6, 6.07) is -3.28. The Morgan fingerprint density at radius 3 is 1.48 bits per heavy atom. The first-order valence-corrected chi connectivity index (χ1v) is 29.3. The number of carbonyl (C=O) groups excluding carboxylic acids is 10. The fourth-order valence-electron chi connectivity index (χ4n) is 8.08. The van der Waals surface area contributed by atoms with Crippen LogP contribution in [0.3, 0.4) is 0 Å². The lowest BCUT2D eigenvalue weighted by Crippen LogP contribution is -2.61. The van der Waals surface area contributed by atoms with Crippen LogP contribution in [0, 0.1) is 11.8 Å². The smallest absolute Gasteiger partial charge is 0.322 e. The van der Waals surface area contributed by atoms with Crippen molar-refractivity contribution in [2.24, 2.45) is 62.0 Å². The van der Waals surface area contributed by atoms with Gasteiger partial charge in [-0.15, -0.1) is 0 Å². The molecular weight excluding hydrogens is 1110 g/mol. The van der Waals surface area contributed by atoms with Crippen LogP contribution in [0.4, 0.5) is 0 Å². The van der Waals surface area contributed by atoms with Crippen LogP contribution in [-0.4, -0.2) is 175 Å². The molecule has 0 saturated carbocycles. The predicted molar refractivity (Wildman–Crippen MR) is 318 cm³/mol. The summed E-state index contributed by atoms with van der Waals surface area (Å²) in [6.07, 6.45) is 2.32. The van der Waals surface area contributed by atoms with Gasteiger partial charge < -0.3 is 93.1 Å². The Balaban J connectivity index is 3.70. The van der Waals surface area contributed by atoms with E-state index in [-0.39, 0.29) is 70.1 Å². The molecule has 0 spiro atoms. The van der Waals surface area contributed by atoms with Gasteiger partial charge in [0, 0.05) is 25.9 Å². The van der Waals surface area contributed by atoms with Gasteiger partial charge in [-0.3, -0.25) is 62.7 Å². The summed E-state index contributed by atoms with van der Waals surface area (Å²) in [4.78, 5) is 156. The second-order valence-electron chi connectivity index (χ2n) is 20.5. The fourth-order valence-corrected chi connectivity index (χ4v) is 8.56. The van der Waals surface area contributed by atoms with Gasteiger partial charge in [0.25, 0.3) is 0 Å². The number of nitrogens with zero attached hydrogens (tertiary/aromatic N) is 2. The fraction of sp³-hybridized carbons (Fsp3) is 0.642. The number of hydrogen-bond donors (Lipinski definition) is 17. The number of nitrogens with one attached hydrogen (secondary N) is 9. The summed E-state index contributed by atoms with van der Waals surface area (Å²) in [5, 5.41) is 32.5. The zero-order valence-electron chi connectivity index (χ0n) is 49.0. The number of aliphatic imine (C=N–C) groups is 2. The molecular formula is C53H92N18O12S. The Morgan fingerprint density at radius 1 is 0.548 bits per heavy atom. The summed E-state index contributed by atoms with van der Waals surface area (Å²) in [6.45, 7) is 7.72. The van der Waals surface area contributed by atoms with E-state index >= 15 is 0 Å². The van der Waals surface area contributed by atoms with E-state index in [2.05, 4.69) is 57.8 Å². The topological polar surface area (TPSA) is 523 Å². The van der Waals surface area contributed by atoms with Crippen LogP contribution >= 0.6 is 11.8 Å². The first-order valence-electron chi connectivity index (χ1n) is 28.0. The lowest BCUT2D eigenvalue weighted by Gasteiger charge is -2.29. The van der Waals surface area contributed by atoms with Gasteiger partial charge in [0.15, 0.2) is 11.9 Å². The van der Waals surface area contributed by atoms with Crippen molar-refractivity contribution in [3.8, 4) is 0 Å². The normalized spacial score (nSPS) is 14.5. The quantitative estimate of drug-likeness (QED) is 0.0167. The molecule has 0 fully saturated rings. The van der Waals surface area contributed by atoms with Crippen LogP contribution in [0.15, 0.2) is 40.3 Å². The van der Waals surface area contributed by atoms with Crippen molar-refractivity contribution in [1.82, 2.24) is 47.9 Å². The molecule has 472 valence electrons. The van der Waals surface area contributed by atoms with Crippen molar-refractivity contribution in [2.75, 3.05) is 38.2 Å². The van der Waals surface area contributed by atoms with Gasteiger partial charge in [0.05, 0.1) is 6.04 Å². The van der Waals surface area contributed by atoms with E-state index in [1.165, 1.54) is 18.7 Å². The molecule has 0 aromatic heterocycles. The van der Waals surface area contributed by atoms with Gasteiger partial charge >= 0.3 is 5.97 Å². The maximum absolute atomic E-state index is 14.5. The highest BCUT2D eigenvalue weighted by Gasteiger charge is 2.36. The minimum absolute atomic E-state index is 0.0111. The van der Waals surface area contributed by atoms with Crippen molar-refractivity contribution < 1.29 is 57.8 Å². The van der Waals surface area contributed by atoms with Crippen LogP contribution in [-0.2, 0) is 59.2 Å². The number of nitrogens with two attached hydrogens (primary N) is 7. The van der Waals surface area contributed by atoms with Gasteiger partial charge in [-0.2, -0.15) is 11.8 Å². The maximum atomic E-state index is 14.5. The minimum atomic E-state index is -1.61. The van der Waals surface area contributed by atoms with Crippen LogP contribution in [0.1, 0.15) is 111 Å². The Morgan fingerprint density at radius 2 is 1.01 bits per heavy atom. The summed E-state index contributed by atoms with van der Waals surface area (Å²) >= 11 is 1.51. The molecule has 1 aromatic carbocycles. The lowest BCUT2D eigenvalue weighted by atomic mass is 9.97. The van der Waals surface area contributed by atoms with Crippen molar-refractivity contribution >= 4 is 88.7 Å². The number of rotatable bonds is 42. The second-order valence-corrected chi connectivity index (χ2v) is 21.5. The molecule has 1 aromatic rings. The van der Waals surface area contributed by atoms with Crippen molar-refractivity contribution in [2.45, 2.75) is 166 Å². The molecule has 24 N–H and O–H groups in total. The summed E-state index contributed by atoms with van der Waals surface area (Å²) in [7, 11) is 0. The SMILES string of the molecule is CC[C@H](C)[C@H](NC(=O)[C@H](CCCN=C(N)N)NC(=O)[C@H](Cc1ccccc1)NC(=O)[C@H](CCC(N)=O)NC(=O)[C@H](CCCN=C(N)N)NC(=O)[C@H](CCCCN)NC(=O)[C@H](C)NC(=O)[C@@H](NC(=O)[C@@H](N)CCSC)C(C)C)C(=O)NCC(=O)O. The first kappa shape index (κ1) is 74.2. The van der Waals surface area contributed by atoms with Gasteiger partial charge in [-0.25, -0.2) is 0 Å². The Kier molecular flexibility index (Phi) is 35.7. The number of hydrogen-bond acceptors (Lipinski definition) is 16. The number of amides is 10. The van der Waals surface area contributed by atoms with Gasteiger partial charge in [-0.1, -0.05) is 64.4 Å². The number of thioether (sulfide) groups is 1. The molecule has 0 unspecified atom stereocenters. The van der Waals surface area contributed by atoms with E-state index in [1.807, 2.05) is 6.26 Å². The molecule has 1 rings (SSSR count). The maximum Gasteiger partial charge on any atom is 0.322 e. The molecule has 10 amide bonds. The summed E-state index contributed by atoms with van der Waals surface area (Å²) in [5.74, 6) is -10.3. The monoisotopic (exact) mass is 1200 g/mol. The van der Waals surface area contributed by atoms with E-state index in [1.54, 1.807) is 58.0 Å². The molecule has 0 heterocycles. The number of carboxylic acid groups (broad SMARTS) is 1. The van der Waals surface area contributed by atoms with E-state index in [4.69, 9.17) is 40.1 Å². The number of carboxylic acids is 1. The molecule has 0 bridgehead atoms. The van der Waals surface area contributed by atoms with Gasteiger partial charge in [-0.05, 0) is 101 Å². The molecule has 0 radical (unpaired) electrons. The van der Waals surface area contributed by atoms with E-state index in [9.17, 15) is 57.8 Å². The van der Waals surface area contributed by atoms with E-state index < -0.39 is 151 Å². The van der Waals surface area contributed by atoms with Crippen molar-refractivity contribution in [3.05, 3.63) is 35.9 Å². The first-order chi connectivity index (χ1) is 39.6. The third-order valence-corrected chi connectivity index (χ3v) is 13.8. The van der Waals surface area contributed by atoms with Crippen LogP contribution in [0.25, 0.3) is 0 Å². The van der Waals surface area contributed by atoms with Crippen LogP contribution < -0.4 is 88.0 Å². The molecule has 0 aliphatic rings. The zero-order valence-corrected chi connectivity index (χ0v) is 49.9. The molecule has 0 saturated heterocycles. The second kappa shape index (κ2) is 40.4. The number of guanidine groups is 2. The average molecular weight is 1210 g/mol. The average Bonchev–Trinajstić information content (AvgIpc) is 3.62. The number of aliphatic carboxylic acids is 1. The summed E-state index contributed by atoms with van der Waals surface area (Å²) < 4.78 is 0. The van der Waals surface area contributed by atoms with E-state index in [0.29, 0.717) is 37.0 Å². The number of primary amides is 1. The third-order valence-electron chi connectivity index (χ3n) is 13.1. The largest absolute Gasteiger partial charge is 0.480 e. The van der Waals surface area contributed by atoms with Crippen molar-refractivity contribution in [1.29, 1.82) is 0 Å². The van der Waals surface area contributed by atoms with E-state index in [0.717, 1.165) is 0 Å². The molecule has 0 aliphatic heterocycles. The summed E-state index contributed by atoms with van der Waals surface area (Å²) in [5.41, 5.74) is 40.0. The van der Waals surface area contributed by atoms with Crippen LogP contribution in [0.2, 0.25) is 0 Å². The Hall–Kier alpha value is -7.80. The minimum Gasteiger partial charge on any atom is -0.480 e. The number of benzene rings is 1. The zero-order chi connectivity index (χ0) is 63.5. The van der Waals surface area contributed by atoms with Gasteiger partial charge in [0.1, 0.15) is 54.9 Å². The number of unbranched alkanes of at least 4 members (excludes halogenated alkanes) is 1. The molecule has 10 atom stereocenters. The highest BCUT2D eigenvalue weighted by atomic mass is 32.2. The highest BCUT2D eigenvalue weighted by molar-refractivity contribution is 7.98. The highest BCUT2D eigenvalue weighted by Crippen LogP contribution is 2.13. The predicted octanol–water partition coefficient (Wildman–Crippen LogP) is -4.39. The lowest BCUT2D eigenvalue weighted by molar-refractivity contribution is -0.139. The molecule has 0 aliphatic carbocycles.